The molecule has 106 valence electrons. The molecule has 19 heavy (non-hydrogen) atoms. The van der Waals surface area contributed by atoms with Gasteiger partial charge in [0.15, 0.2) is 0 Å². The molecule has 0 aliphatic rings. The first-order valence-electron chi connectivity index (χ1n) is 5.28. The van der Waals surface area contributed by atoms with E-state index in [0.29, 0.717) is 0 Å². The second-order valence-corrected chi connectivity index (χ2v) is 3.70. The fraction of sp³-hybridized carbons (Fsp3) is 0.455. The van der Waals surface area contributed by atoms with Gasteiger partial charge in [-0.1, -0.05) is 0 Å². The van der Waals surface area contributed by atoms with Gasteiger partial charge in [0.25, 0.3) is 0 Å². The molecule has 0 bridgehead atoms. The van der Waals surface area contributed by atoms with Crippen LogP contribution in [0.2, 0.25) is 0 Å². The summed E-state index contributed by atoms with van der Waals surface area (Å²) < 4.78 is 45.5. The zero-order valence-corrected chi connectivity index (χ0v) is 10.4. The Morgan fingerprint density at radius 1 is 1.47 bits per heavy atom. The summed E-state index contributed by atoms with van der Waals surface area (Å²) in [5.41, 5.74) is 5.71. The van der Waals surface area contributed by atoms with Crippen molar-refractivity contribution in [3.63, 3.8) is 0 Å². The van der Waals surface area contributed by atoms with Gasteiger partial charge in [0, 0.05) is 23.9 Å². The number of aromatic nitrogens is 1. The molecule has 0 radical (unpaired) electrons. The number of esters is 1. The molecule has 0 atom stereocenters. The van der Waals surface area contributed by atoms with Gasteiger partial charge in [0.2, 0.25) is 0 Å². The number of halogens is 3. The minimum Gasteiger partial charge on any atom is -0.469 e. The molecular weight excluding hydrogens is 265 g/mol. The lowest BCUT2D eigenvalue weighted by atomic mass is 10.1. The number of rotatable bonds is 4. The van der Waals surface area contributed by atoms with Gasteiger partial charge >= 0.3 is 12.3 Å². The van der Waals surface area contributed by atoms with E-state index in [1.807, 2.05) is 0 Å². The van der Waals surface area contributed by atoms with Crippen LogP contribution in [0.15, 0.2) is 6.20 Å². The Kier molecular flexibility index (Phi) is 4.71. The molecule has 0 aromatic carbocycles. The van der Waals surface area contributed by atoms with Crippen molar-refractivity contribution in [2.45, 2.75) is 26.3 Å². The molecular formula is C11H13F3N2O3. The molecule has 0 spiro atoms. The number of carbonyl (C=O) groups excluding carboxylic acids is 1. The van der Waals surface area contributed by atoms with E-state index < -0.39 is 18.1 Å². The third-order valence-corrected chi connectivity index (χ3v) is 2.35. The van der Waals surface area contributed by atoms with Gasteiger partial charge in [-0.05, 0) is 6.92 Å². The van der Waals surface area contributed by atoms with E-state index >= 15 is 0 Å². The monoisotopic (exact) mass is 278 g/mol. The maximum Gasteiger partial charge on any atom is 0.573 e. The molecule has 5 nitrogen and oxygen atoms in total. The zero-order valence-electron chi connectivity index (χ0n) is 10.4. The third-order valence-electron chi connectivity index (χ3n) is 2.35. The average Bonchev–Trinajstić information content (AvgIpc) is 2.32. The highest BCUT2D eigenvalue weighted by Gasteiger charge is 2.34. The molecule has 0 aliphatic carbocycles. The molecule has 8 heteroatoms. The van der Waals surface area contributed by atoms with E-state index in [4.69, 9.17) is 5.73 Å². The molecule has 0 saturated carbocycles. The molecule has 0 fully saturated rings. The van der Waals surface area contributed by atoms with E-state index in [1.165, 1.54) is 13.1 Å². The van der Waals surface area contributed by atoms with Crippen molar-refractivity contribution < 1.29 is 27.4 Å². The van der Waals surface area contributed by atoms with Crippen LogP contribution in [-0.2, 0) is 22.5 Å². The smallest absolute Gasteiger partial charge is 0.469 e. The van der Waals surface area contributed by atoms with Crippen LogP contribution < -0.4 is 10.5 Å². The van der Waals surface area contributed by atoms with Crippen molar-refractivity contribution >= 4 is 5.97 Å². The zero-order chi connectivity index (χ0) is 14.6. The average molecular weight is 278 g/mol. The maximum atomic E-state index is 12.4. The lowest BCUT2D eigenvalue weighted by molar-refractivity contribution is -0.275. The number of nitrogens with two attached hydrogens (primary N) is 1. The fourth-order valence-electron chi connectivity index (χ4n) is 1.51. The molecule has 0 unspecified atom stereocenters. The fourth-order valence-corrected chi connectivity index (χ4v) is 1.51. The second-order valence-electron chi connectivity index (χ2n) is 3.70. The highest BCUT2D eigenvalue weighted by molar-refractivity contribution is 5.74. The number of hydrogen-bond donors (Lipinski definition) is 1. The summed E-state index contributed by atoms with van der Waals surface area (Å²) in [5, 5.41) is 0. The van der Waals surface area contributed by atoms with Crippen LogP contribution in [0.5, 0.6) is 5.75 Å². The van der Waals surface area contributed by atoms with Crippen molar-refractivity contribution in [3.8, 4) is 5.75 Å². The lowest BCUT2D eigenvalue weighted by Gasteiger charge is -2.17. The number of pyridine rings is 1. The minimum atomic E-state index is -4.86. The van der Waals surface area contributed by atoms with E-state index in [-0.39, 0.29) is 29.8 Å². The normalized spacial score (nSPS) is 11.3. The van der Waals surface area contributed by atoms with Crippen molar-refractivity contribution in [1.82, 2.24) is 4.98 Å². The Balaban J connectivity index is 3.28. The first-order chi connectivity index (χ1) is 8.78. The highest BCUT2D eigenvalue weighted by Crippen LogP contribution is 2.31. The van der Waals surface area contributed by atoms with Crippen LogP contribution >= 0.6 is 0 Å². The Hall–Kier alpha value is -1.83. The highest BCUT2D eigenvalue weighted by atomic mass is 19.4. The molecule has 1 heterocycles. The largest absolute Gasteiger partial charge is 0.573 e. The summed E-state index contributed by atoms with van der Waals surface area (Å²) >= 11 is 0. The van der Waals surface area contributed by atoms with Crippen LogP contribution in [0.1, 0.15) is 16.8 Å². The number of alkyl halides is 3. The standard InChI is InChI=1S/C11H13F3N2O3/c1-6-5-16-8(4-15)7(3-9(17)18-2)10(6)19-11(12,13)14/h5H,3-4,15H2,1-2H3. The quantitative estimate of drug-likeness (QED) is 0.844. The summed E-state index contributed by atoms with van der Waals surface area (Å²) in [4.78, 5) is 15.1. The number of aryl methyl sites for hydroxylation is 1. The van der Waals surface area contributed by atoms with Gasteiger partial charge in [-0.3, -0.25) is 9.78 Å². The Morgan fingerprint density at radius 3 is 2.58 bits per heavy atom. The number of carbonyl (C=O) groups is 1. The van der Waals surface area contributed by atoms with Gasteiger partial charge in [-0.25, -0.2) is 0 Å². The second kappa shape index (κ2) is 5.87. The molecule has 1 aromatic rings. The molecule has 0 amide bonds. The number of methoxy groups -OCH3 is 1. The summed E-state index contributed by atoms with van der Waals surface area (Å²) in [6, 6.07) is 0. The van der Waals surface area contributed by atoms with Crippen LogP contribution in [0, 0.1) is 6.92 Å². The SMILES string of the molecule is COC(=O)Cc1c(CN)ncc(C)c1OC(F)(F)F. The number of hydrogen-bond acceptors (Lipinski definition) is 5. The van der Waals surface area contributed by atoms with Crippen molar-refractivity contribution in [2.75, 3.05) is 7.11 Å². The minimum absolute atomic E-state index is 0.00771. The Labute approximate surface area is 107 Å². The van der Waals surface area contributed by atoms with Crippen molar-refractivity contribution in [3.05, 3.63) is 23.0 Å². The van der Waals surface area contributed by atoms with Crippen molar-refractivity contribution in [1.29, 1.82) is 0 Å². The lowest BCUT2D eigenvalue weighted by Crippen LogP contribution is -2.21. The van der Waals surface area contributed by atoms with Crippen LogP contribution in [0.4, 0.5) is 13.2 Å². The first kappa shape index (κ1) is 15.2. The van der Waals surface area contributed by atoms with Gasteiger partial charge in [0.05, 0.1) is 19.2 Å². The van der Waals surface area contributed by atoms with Gasteiger partial charge in [-0.15, -0.1) is 13.2 Å². The summed E-state index contributed by atoms with van der Waals surface area (Å²) in [5.74, 6) is -1.15. The molecule has 1 rings (SSSR count). The number of ether oxygens (including phenoxy) is 2. The van der Waals surface area contributed by atoms with Crippen LogP contribution in [0.25, 0.3) is 0 Å². The van der Waals surface area contributed by atoms with Crippen LogP contribution in [-0.4, -0.2) is 24.4 Å². The van der Waals surface area contributed by atoms with E-state index in [1.54, 1.807) is 0 Å². The van der Waals surface area contributed by atoms with E-state index in [9.17, 15) is 18.0 Å². The van der Waals surface area contributed by atoms with Crippen molar-refractivity contribution in [2.24, 2.45) is 5.73 Å². The third kappa shape index (κ3) is 4.09. The molecule has 1 aromatic heterocycles. The van der Waals surface area contributed by atoms with Gasteiger partial charge < -0.3 is 15.2 Å². The molecule has 2 N–H and O–H groups in total. The Morgan fingerprint density at radius 2 is 2.11 bits per heavy atom. The van der Waals surface area contributed by atoms with Gasteiger partial charge in [0.1, 0.15) is 5.75 Å². The predicted octanol–water partition coefficient (Wildman–Crippen LogP) is 1.46. The topological polar surface area (TPSA) is 74.4 Å². The predicted molar refractivity (Wildman–Crippen MR) is 59.3 cm³/mol. The maximum absolute atomic E-state index is 12.4. The first-order valence-corrected chi connectivity index (χ1v) is 5.28. The van der Waals surface area contributed by atoms with Gasteiger partial charge in [-0.2, -0.15) is 0 Å². The number of nitrogens with zero attached hydrogens (tertiary/aromatic N) is 1. The summed E-state index contributed by atoms with van der Waals surface area (Å²) in [6.07, 6.45) is -4.03. The summed E-state index contributed by atoms with van der Waals surface area (Å²) in [6.45, 7) is 1.29. The van der Waals surface area contributed by atoms with E-state index in [2.05, 4.69) is 14.5 Å². The van der Waals surface area contributed by atoms with Crippen LogP contribution in [0.3, 0.4) is 0 Å². The van der Waals surface area contributed by atoms with E-state index in [0.717, 1.165) is 7.11 Å². The summed E-state index contributed by atoms with van der Waals surface area (Å²) in [7, 11) is 1.14. The molecule has 0 saturated heterocycles. The Bertz CT molecular complexity index is 475. The molecule has 0 aliphatic heterocycles.